The van der Waals surface area contributed by atoms with E-state index in [0.29, 0.717) is 18.8 Å². The van der Waals surface area contributed by atoms with Gasteiger partial charge in [0.1, 0.15) is 11.5 Å². The molecule has 110 valence electrons. The van der Waals surface area contributed by atoms with E-state index in [9.17, 15) is 5.11 Å². The van der Waals surface area contributed by atoms with Gasteiger partial charge < -0.3 is 15.2 Å². The molecule has 1 aliphatic rings. The van der Waals surface area contributed by atoms with Crippen LogP contribution in [0.2, 0.25) is 0 Å². The van der Waals surface area contributed by atoms with Gasteiger partial charge in [-0.25, -0.2) is 0 Å². The van der Waals surface area contributed by atoms with Gasteiger partial charge >= 0.3 is 0 Å². The molecule has 0 atom stereocenters. The third kappa shape index (κ3) is 3.42. The Balaban J connectivity index is 1.70. The molecular weight excluding hydrogens is 398 g/mol. The van der Waals surface area contributed by atoms with Crippen LogP contribution in [0.1, 0.15) is 16.7 Å². The number of halogens is 2. The Kier molecular flexibility index (Phi) is 4.52. The molecule has 5 heteroatoms. The largest absolute Gasteiger partial charge is 0.508 e. The average molecular weight is 413 g/mol. The van der Waals surface area contributed by atoms with Crippen molar-refractivity contribution in [1.82, 2.24) is 5.32 Å². The summed E-state index contributed by atoms with van der Waals surface area (Å²) in [5, 5.41) is 13.2. The molecule has 1 heterocycles. The minimum Gasteiger partial charge on any atom is -0.508 e. The Morgan fingerprint density at radius 1 is 1.05 bits per heavy atom. The van der Waals surface area contributed by atoms with Crippen LogP contribution < -0.4 is 10.1 Å². The van der Waals surface area contributed by atoms with Crippen LogP contribution in [0, 0.1) is 0 Å². The fourth-order valence-corrected chi connectivity index (χ4v) is 3.47. The number of rotatable bonds is 4. The molecule has 0 spiro atoms. The van der Waals surface area contributed by atoms with E-state index in [1.165, 1.54) is 5.56 Å². The number of hydrogen-bond acceptors (Lipinski definition) is 3. The predicted octanol–water partition coefficient (Wildman–Crippen LogP) is 4.14. The molecule has 2 N–H and O–H groups in total. The zero-order valence-corrected chi connectivity index (χ0v) is 14.5. The van der Waals surface area contributed by atoms with Crippen LogP contribution >= 0.6 is 31.9 Å². The quantitative estimate of drug-likeness (QED) is 0.792. The normalized spacial score (nSPS) is 13.0. The van der Waals surface area contributed by atoms with Crippen LogP contribution in [0.5, 0.6) is 11.5 Å². The second-order valence-electron chi connectivity index (χ2n) is 5.03. The molecule has 0 amide bonds. The average Bonchev–Trinajstić information content (AvgIpc) is 2.90. The van der Waals surface area contributed by atoms with E-state index in [2.05, 4.69) is 49.3 Å². The van der Waals surface area contributed by atoms with Crippen LogP contribution in [-0.2, 0) is 19.5 Å². The predicted molar refractivity (Wildman–Crippen MR) is 89.7 cm³/mol. The Bertz CT molecular complexity index is 674. The molecule has 21 heavy (non-hydrogen) atoms. The number of fused-ring (bicyclic) bond motifs is 1. The van der Waals surface area contributed by atoms with Crippen LogP contribution in [0.15, 0.2) is 39.3 Å². The van der Waals surface area contributed by atoms with Crippen molar-refractivity contribution in [3.05, 3.63) is 56.0 Å². The van der Waals surface area contributed by atoms with Gasteiger partial charge in [-0.15, -0.1) is 0 Å². The lowest BCUT2D eigenvalue weighted by atomic mass is 10.1. The van der Waals surface area contributed by atoms with Gasteiger partial charge in [-0.05, 0) is 35.9 Å². The molecule has 3 rings (SSSR count). The highest BCUT2D eigenvalue weighted by molar-refractivity contribution is 9.10. The van der Waals surface area contributed by atoms with Crippen molar-refractivity contribution in [1.29, 1.82) is 0 Å². The Morgan fingerprint density at radius 2 is 1.81 bits per heavy atom. The van der Waals surface area contributed by atoms with Crippen molar-refractivity contribution in [3.63, 3.8) is 0 Å². The monoisotopic (exact) mass is 411 g/mol. The molecular formula is C16H15Br2NO2. The van der Waals surface area contributed by atoms with E-state index >= 15 is 0 Å². The van der Waals surface area contributed by atoms with Gasteiger partial charge in [0.15, 0.2) is 0 Å². The van der Waals surface area contributed by atoms with E-state index in [1.54, 1.807) is 6.07 Å². The van der Waals surface area contributed by atoms with Crippen molar-refractivity contribution < 1.29 is 9.84 Å². The molecule has 0 unspecified atom stereocenters. The van der Waals surface area contributed by atoms with Gasteiger partial charge in [-0.3, -0.25) is 0 Å². The number of aromatic hydroxyl groups is 1. The van der Waals surface area contributed by atoms with Gasteiger partial charge in [0.25, 0.3) is 0 Å². The van der Waals surface area contributed by atoms with E-state index < -0.39 is 0 Å². The van der Waals surface area contributed by atoms with E-state index in [1.807, 2.05) is 12.1 Å². The van der Waals surface area contributed by atoms with Gasteiger partial charge in [0.05, 0.1) is 6.61 Å². The molecule has 2 aromatic rings. The summed E-state index contributed by atoms with van der Waals surface area (Å²) in [7, 11) is 0. The lowest BCUT2D eigenvalue weighted by Gasteiger charge is -2.11. The van der Waals surface area contributed by atoms with Crippen LogP contribution in [0.3, 0.4) is 0 Å². The number of nitrogens with one attached hydrogen (secondary N) is 1. The lowest BCUT2D eigenvalue weighted by Crippen LogP contribution is -2.13. The summed E-state index contributed by atoms with van der Waals surface area (Å²) in [6.07, 6.45) is 0.966. The summed E-state index contributed by atoms with van der Waals surface area (Å²) in [6.45, 7) is 2.06. The summed E-state index contributed by atoms with van der Waals surface area (Å²) >= 11 is 6.96. The number of phenols is 1. The molecule has 1 aliphatic heterocycles. The minimum atomic E-state index is 0.307. The second kappa shape index (κ2) is 6.38. The van der Waals surface area contributed by atoms with Crippen LogP contribution in [-0.4, -0.2) is 11.7 Å². The first kappa shape index (κ1) is 14.9. The topological polar surface area (TPSA) is 41.5 Å². The van der Waals surface area contributed by atoms with Crippen molar-refractivity contribution >= 4 is 31.9 Å². The fourth-order valence-electron chi connectivity index (χ4n) is 2.50. The summed E-state index contributed by atoms with van der Waals surface area (Å²) in [6, 6.07) is 9.64. The molecule has 2 aromatic carbocycles. The highest BCUT2D eigenvalue weighted by Gasteiger charge is 2.17. The summed E-state index contributed by atoms with van der Waals surface area (Å²) in [4.78, 5) is 0. The third-order valence-corrected chi connectivity index (χ3v) is 4.45. The second-order valence-corrected chi connectivity index (χ2v) is 6.86. The molecule has 0 aromatic heterocycles. The van der Waals surface area contributed by atoms with Gasteiger partial charge in [0, 0.05) is 39.6 Å². The highest BCUT2D eigenvalue weighted by atomic mass is 79.9. The van der Waals surface area contributed by atoms with E-state index in [-0.39, 0.29) is 0 Å². The molecule has 0 saturated carbocycles. The highest BCUT2D eigenvalue weighted by Crippen LogP contribution is 2.33. The SMILES string of the molecule is Oc1ccc(Br)cc1CNCc1cc(Br)cc2c1OCC2. The Hall–Kier alpha value is -1.04. The first-order valence-electron chi connectivity index (χ1n) is 6.75. The first-order valence-corrected chi connectivity index (χ1v) is 8.34. The maximum Gasteiger partial charge on any atom is 0.127 e. The molecule has 0 bridgehead atoms. The summed E-state index contributed by atoms with van der Waals surface area (Å²) in [5.41, 5.74) is 3.27. The number of phenolic OH excluding ortho intramolecular Hbond substituents is 1. The zero-order chi connectivity index (χ0) is 14.8. The van der Waals surface area contributed by atoms with Crippen molar-refractivity contribution in [2.75, 3.05) is 6.61 Å². The number of hydrogen-bond donors (Lipinski definition) is 2. The molecule has 0 aliphatic carbocycles. The van der Waals surface area contributed by atoms with Crippen molar-refractivity contribution in [3.8, 4) is 11.5 Å². The van der Waals surface area contributed by atoms with Gasteiger partial charge in [-0.1, -0.05) is 31.9 Å². The van der Waals surface area contributed by atoms with E-state index in [0.717, 1.165) is 38.8 Å². The lowest BCUT2D eigenvalue weighted by molar-refractivity contribution is 0.352. The maximum absolute atomic E-state index is 9.84. The summed E-state index contributed by atoms with van der Waals surface area (Å²) < 4.78 is 7.75. The molecule has 0 radical (unpaired) electrons. The third-order valence-electron chi connectivity index (χ3n) is 3.50. The minimum absolute atomic E-state index is 0.307. The number of benzene rings is 2. The first-order chi connectivity index (χ1) is 10.1. The van der Waals surface area contributed by atoms with Gasteiger partial charge in [0.2, 0.25) is 0 Å². The smallest absolute Gasteiger partial charge is 0.127 e. The summed E-state index contributed by atoms with van der Waals surface area (Å²) in [5.74, 6) is 1.31. The molecule has 0 saturated heterocycles. The van der Waals surface area contributed by atoms with Crippen LogP contribution in [0.4, 0.5) is 0 Å². The zero-order valence-electron chi connectivity index (χ0n) is 11.3. The van der Waals surface area contributed by atoms with E-state index in [4.69, 9.17) is 4.74 Å². The van der Waals surface area contributed by atoms with Crippen LogP contribution in [0.25, 0.3) is 0 Å². The standard InChI is InChI=1S/C16H15Br2NO2/c17-13-1-2-15(20)11(6-13)8-19-9-12-7-14(18)5-10-3-4-21-16(10)12/h1-2,5-7,19-20H,3-4,8-9H2. The number of ether oxygens (including phenoxy) is 1. The maximum atomic E-state index is 9.84. The molecule has 3 nitrogen and oxygen atoms in total. The van der Waals surface area contributed by atoms with Crippen molar-refractivity contribution in [2.45, 2.75) is 19.5 Å². The fraction of sp³-hybridized carbons (Fsp3) is 0.250. The van der Waals surface area contributed by atoms with Gasteiger partial charge in [-0.2, -0.15) is 0 Å². The Morgan fingerprint density at radius 3 is 2.67 bits per heavy atom. The van der Waals surface area contributed by atoms with Crippen molar-refractivity contribution in [2.24, 2.45) is 0 Å². The Labute approximate surface area is 140 Å². The molecule has 0 fully saturated rings.